The van der Waals surface area contributed by atoms with E-state index in [0.717, 1.165) is 18.4 Å². The number of nitrogens with zero attached hydrogens (tertiary/aromatic N) is 4. The molecule has 0 unspecified atom stereocenters. The van der Waals surface area contributed by atoms with E-state index < -0.39 is 16.8 Å². The maximum Gasteiger partial charge on any atom is 0.318 e. The van der Waals surface area contributed by atoms with Crippen LogP contribution in [0.15, 0.2) is 42.7 Å². The van der Waals surface area contributed by atoms with Gasteiger partial charge in [-0.25, -0.2) is 23.9 Å². The fourth-order valence-corrected chi connectivity index (χ4v) is 3.81. The molecule has 12 nitrogen and oxygen atoms in total. The SMILES string of the molecule is CCONC(=O)c1cnc(Nc2ccnc(OC)n2)cc1Nc1ccc(C2CC2)cc1N(C)[SH](=O)=O. The molecule has 1 aromatic carbocycles. The second kappa shape index (κ2) is 11.2. The van der Waals surface area contributed by atoms with Gasteiger partial charge in [0.1, 0.15) is 11.6 Å². The van der Waals surface area contributed by atoms with Crippen LogP contribution in [-0.4, -0.2) is 50.0 Å². The molecule has 0 atom stereocenters. The van der Waals surface area contributed by atoms with Gasteiger partial charge in [-0.05, 0) is 49.4 Å². The average Bonchev–Trinajstić information content (AvgIpc) is 3.73. The zero-order valence-electron chi connectivity index (χ0n) is 20.0. The van der Waals surface area contributed by atoms with Gasteiger partial charge in [0, 0.05) is 25.5 Å². The summed E-state index contributed by atoms with van der Waals surface area (Å²) in [6.45, 7) is 2.03. The van der Waals surface area contributed by atoms with Crippen molar-refractivity contribution >= 4 is 45.5 Å². The molecule has 0 saturated heterocycles. The van der Waals surface area contributed by atoms with Crippen molar-refractivity contribution in [2.24, 2.45) is 0 Å². The van der Waals surface area contributed by atoms with Crippen molar-refractivity contribution in [2.45, 2.75) is 25.7 Å². The molecule has 1 aliphatic rings. The number of methoxy groups -OCH3 is 1. The molecule has 1 saturated carbocycles. The van der Waals surface area contributed by atoms with Crippen LogP contribution in [0, 0.1) is 0 Å². The number of anilines is 5. The Kier molecular flexibility index (Phi) is 7.80. The van der Waals surface area contributed by atoms with E-state index in [0.29, 0.717) is 34.6 Å². The van der Waals surface area contributed by atoms with Gasteiger partial charge in [0.25, 0.3) is 5.91 Å². The fraction of sp³-hybridized carbons (Fsp3) is 0.304. The highest BCUT2D eigenvalue weighted by atomic mass is 32.2. The number of hydroxylamine groups is 1. The number of hydrogen-bond acceptors (Lipinski definition) is 10. The molecule has 0 aliphatic heterocycles. The van der Waals surface area contributed by atoms with Crippen LogP contribution in [-0.2, 0) is 15.7 Å². The molecule has 0 bridgehead atoms. The van der Waals surface area contributed by atoms with Crippen molar-refractivity contribution in [3.05, 3.63) is 53.9 Å². The zero-order valence-corrected chi connectivity index (χ0v) is 20.9. The number of carbonyl (C=O) groups is 1. The minimum absolute atomic E-state index is 0.182. The quantitative estimate of drug-likeness (QED) is 0.223. The lowest BCUT2D eigenvalue weighted by atomic mass is 10.1. The normalized spacial score (nSPS) is 12.8. The monoisotopic (exact) mass is 513 g/mol. The smallest absolute Gasteiger partial charge is 0.318 e. The van der Waals surface area contributed by atoms with Crippen molar-refractivity contribution in [3.8, 4) is 6.01 Å². The van der Waals surface area contributed by atoms with E-state index in [2.05, 4.69) is 31.1 Å². The molecule has 0 radical (unpaired) electrons. The number of aromatic nitrogens is 3. The van der Waals surface area contributed by atoms with E-state index in [1.54, 1.807) is 19.1 Å². The second-order valence-electron chi connectivity index (χ2n) is 7.97. The van der Waals surface area contributed by atoms with E-state index in [1.165, 1.54) is 30.9 Å². The van der Waals surface area contributed by atoms with E-state index in [1.807, 2.05) is 18.2 Å². The molecular weight excluding hydrogens is 486 g/mol. The summed E-state index contributed by atoms with van der Waals surface area (Å²) in [7, 11) is 0.0727. The Morgan fingerprint density at radius 3 is 2.61 bits per heavy atom. The number of thiol groups is 1. The van der Waals surface area contributed by atoms with Crippen LogP contribution in [0.2, 0.25) is 0 Å². The highest BCUT2D eigenvalue weighted by Crippen LogP contribution is 2.43. The maximum absolute atomic E-state index is 12.8. The molecule has 2 heterocycles. The average molecular weight is 514 g/mol. The first-order chi connectivity index (χ1) is 17.4. The lowest BCUT2D eigenvalue weighted by Gasteiger charge is -2.20. The van der Waals surface area contributed by atoms with Gasteiger partial charge >= 0.3 is 6.01 Å². The summed E-state index contributed by atoms with van der Waals surface area (Å²) in [6, 6.07) is 9.07. The standard InChI is InChI=1S/C23H27N7O5S/c1-4-35-29-22(31)16-13-25-21(27-20-9-10-24-23(28-20)34-3)12-18(16)26-17-8-7-15(14-5-6-14)11-19(17)30(2)36(32)33/h7-14,36H,4-6H2,1-3H3,(H,29,31)(H2,24,25,26,27,28). The van der Waals surface area contributed by atoms with Gasteiger partial charge in [0.2, 0.25) is 10.9 Å². The zero-order chi connectivity index (χ0) is 25.7. The first kappa shape index (κ1) is 25.1. The molecule has 190 valence electrons. The third kappa shape index (κ3) is 5.98. The number of hydrogen-bond donors (Lipinski definition) is 4. The van der Waals surface area contributed by atoms with Crippen LogP contribution in [0.1, 0.15) is 41.6 Å². The third-order valence-corrected chi connectivity index (χ3v) is 6.17. The molecule has 3 N–H and O–H groups in total. The lowest BCUT2D eigenvalue weighted by molar-refractivity contribution is 0.0365. The van der Waals surface area contributed by atoms with Crippen LogP contribution in [0.25, 0.3) is 0 Å². The van der Waals surface area contributed by atoms with Crippen molar-refractivity contribution in [1.29, 1.82) is 0 Å². The van der Waals surface area contributed by atoms with E-state index in [9.17, 15) is 13.2 Å². The van der Waals surface area contributed by atoms with Crippen molar-refractivity contribution < 1.29 is 22.8 Å². The lowest BCUT2D eigenvalue weighted by Crippen LogP contribution is -2.25. The summed E-state index contributed by atoms with van der Waals surface area (Å²) in [5, 5.41) is 6.26. The minimum atomic E-state index is -2.87. The van der Waals surface area contributed by atoms with E-state index >= 15 is 0 Å². The first-order valence-corrected chi connectivity index (χ1v) is 12.4. The van der Waals surface area contributed by atoms with Gasteiger partial charge in [0.15, 0.2) is 0 Å². The summed E-state index contributed by atoms with van der Waals surface area (Å²) >= 11 is 0. The van der Waals surface area contributed by atoms with Crippen molar-refractivity contribution in [1.82, 2.24) is 20.4 Å². The largest absolute Gasteiger partial charge is 0.467 e. The summed E-state index contributed by atoms with van der Waals surface area (Å²) in [5.74, 6) is 0.737. The van der Waals surface area contributed by atoms with Crippen molar-refractivity contribution in [3.63, 3.8) is 0 Å². The highest BCUT2D eigenvalue weighted by Gasteiger charge is 2.25. The number of amides is 1. The van der Waals surface area contributed by atoms with Crippen LogP contribution in [0.4, 0.5) is 28.7 Å². The Morgan fingerprint density at radius 1 is 1.11 bits per heavy atom. The van der Waals surface area contributed by atoms with Gasteiger partial charge < -0.3 is 15.4 Å². The number of benzene rings is 1. The predicted octanol–water partition coefficient (Wildman–Crippen LogP) is 2.89. The molecule has 1 amide bonds. The Bertz CT molecular complexity index is 1320. The first-order valence-electron chi connectivity index (χ1n) is 11.2. The molecule has 4 rings (SSSR count). The summed E-state index contributed by atoms with van der Waals surface area (Å²) in [4.78, 5) is 30.3. The second-order valence-corrected chi connectivity index (χ2v) is 9.05. The van der Waals surface area contributed by atoms with Gasteiger partial charge in [-0.3, -0.25) is 13.9 Å². The summed E-state index contributed by atoms with van der Waals surface area (Å²) in [6.07, 6.45) is 5.07. The number of nitrogens with one attached hydrogen (secondary N) is 3. The van der Waals surface area contributed by atoms with Crippen molar-refractivity contribution in [2.75, 3.05) is 35.7 Å². The molecule has 2 aromatic heterocycles. The van der Waals surface area contributed by atoms with E-state index in [4.69, 9.17) is 9.57 Å². The van der Waals surface area contributed by atoms with Gasteiger partial charge in [0.05, 0.1) is 36.3 Å². The Morgan fingerprint density at radius 2 is 1.92 bits per heavy atom. The van der Waals surface area contributed by atoms with E-state index in [-0.39, 0.29) is 18.2 Å². The Balaban J connectivity index is 1.72. The number of carbonyl (C=O) groups excluding carboxylic acids is 1. The number of rotatable bonds is 11. The van der Waals surface area contributed by atoms with Crippen LogP contribution in [0.5, 0.6) is 6.01 Å². The number of pyridine rings is 1. The molecule has 0 spiro atoms. The molecule has 1 fully saturated rings. The predicted molar refractivity (Wildman–Crippen MR) is 136 cm³/mol. The third-order valence-electron chi connectivity index (χ3n) is 5.46. The number of ether oxygens (including phenoxy) is 1. The Labute approximate surface area is 210 Å². The molecular formula is C23H27N7O5S. The topological polar surface area (TPSA) is 148 Å². The fourth-order valence-electron chi connectivity index (χ4n) is 3.47. The molecule has 3 aromatic rings. The van der Waals surface area contributed by atoms with Crippen LogP contribution < -0.4 is 25.2 Å². The minimum Gasteiger partial charge on any atom is -0.467 e. The Hall–Kier alpha value is -3.97. The summed E-state index contributed by atoms with van der Waals surface area (Å²) in [5.41, 5.74) is 4.98. The van der Waals surface area contributed by atoms with Crippen LogP contribution in [0.3, 0.4) is 0 Å². The van der Waals surface area contributed by atoms with Crippen LogP contribution >= 0.6 is 0 Å². The highest BCUT2D eigenvalue weighted by molar-refractivity contribution is 7.74. The van der Waals surface area contributed by atoms with Gasteiger partial charge in [-0.2, -0.15) is 4.98 Å². The molecule has 13 heteroatoms. The molecule has 36 heavy (non-hydrogen) atoms. The maximum atomic E-state index is 12.8. The van der Waals surface area contributed by atoms with Gasteiger partial charge in [-0.15, -0.1) is 0 Å². The van der Waals surface area contributed by atoms with Gasteiger partial charge in [-0.1, -0.05) is 6.07 Å². The summed E-state index contributed by atoms with van der Waals surface area (Å²) < 4.78 is 29.9. The molecule has 1 aliphatic carbocycles.